The SMILES string of the molecule is COc1ccccc1Oc1ccc2nc(-c3ccc([N+](=O)[O-])cc3)c(OC)n2n1. The van der Waals surface area contributed by atoms with E-state index in [1.807, 2.05) is 12.1 Å². The quantitative estimate of drug-likeness (QED) is 0.359. The number of hydrogen-bond acceptors (Lipinski definition) is 7. The number of nitro groups is 1. The maximum atomic E-state index is 10.9. The second-order valence-corrected chi connectivity index (χ2v) is 5.97. The molecule has 0 N–H and O–H groups in total. The fourth-order valence-electron chi connectivity index (χ4n) is 2.88. The molecule has 0 spiro atoms. The molecule has 0 aliphatic heterocycles. The number of methoxy groups -OCH3 is 2. The third-order valence-electron chi connectivity index (χ3n) is 4.24. The predicted molar refractivity (Wildman–Crippen MR) is 105 cm³/mol. The number of nitrogens with zero attached hydrogens (tertiary/aromatic N) is 4. The van der Waals surface area contributed by atoms with Gasteiger partial charge in [0.15, 0.2) is 17.1 Å². The number of rotatable bonds is 6. The summed E-state index contributed by atoms with van der Waals surface area (Å²) in [5.74, 6) is 1.82. The van der Waals surface area contributed by atoms with Crippen LogP contribution in [0.1, 0.15) is 0 Å². The van der Waals surface area contributed by atoms with Crippen LogP contribution in [0.15, 0.2) is 60.7 Å². The molecule has 2 aromatic carbocycles. The van der Waals surface area contributed by atoms with Crippen molar-refractivity contribution in [3.8, 4) is 34.5 Å². The minimum Gasteiger partial charge on any atom is -0.493 e. The van der Waals surface area contributed by atoms with Gasteiger partial charge in [-0.05, 0) is 30.3 Å². The number of fused-ring (bicyclic) bond motifs is 1. The zero-order valence-electron chi connectivity index (χ0n) is 15.6. The second-order valence-electron chi connectivity index (χ2n) is 5.97. The van der Waals surface area contributed by atoms with Crippen LogP contribution in [0.5, 0.6) is 23.3 Å². The van der Waals surface area contributed by atoms with Crippen LogP contribution in [0.25, 0.3) is 16.9 Å². The summed E-state index contributed by atoms with van der Waals surface area (Å²) < 4.78 is 18.2. The lowest BCUT2D eigenvalue weighted by Crippen LogP contribution is -1.99. The predicted octanol–water partition coefficient (Wildman–Crippen LogP) is 4.11. The lowest BCUT2D eigenvalue weighted by molar-refractivity contribution is -0.384. The van der Waals surface area contributed by atoms with Crippen LogP contribution in [0, 0.1) is 10.1 Å². The molecule has 0 aliphatic rings. The van der Waals surface area contributed by atoms with Gasteiger partial charge in [-0.15, -0.1) is 5.10 Å². The average molecular weight is 392 g/mol. The summed E-state index contributed by atoms with van der Waals surface area (Å²) >= 11 is 0. The number of hydrogen-bond donors (Lipinski definition) is 0. The number of nitro benzene ring substituents is 1. The van der Waals surface area contributed by atoms with Crippen LogP contribution in [0.4, 0.5) is 5.69 Å². The molecular weight excluding hydrogens is 376 g/mol. The first-order chi connectivity index (χ1) is 14.1. The van der Waals surface area contributed by atoms with E-state index in [0.29, 0.717) is 40.2 Å². The monoisotopic (exact) mass is 392 g/mol. The molecule has 0 unspecified atom stereocenters. The summed E-state index contributed by atoms with van der Waals surface area (Å²) in [4.78, 5) is 15.0. The molecule has 0 saturated carbocycles. The minimum atomic E-state index is -0.451. The van der Waals surface area contributed by atoms with E-state index in [1.54, 1.807) is 43.5 Å². The normalized spacial score (nSPS) is 10.7. The Kier molecular flexibility index (Phi) is 4.70. The Hall–Kier alpha value is -4.14. The van der Waals surface area contributed by atoms with Gasteiger partial charge in [0.05, 0.1) is 19.1 Å². The molecule has 0 radical (unpaired) electrons. The van der Waals surface area contributed by atoms with E-state index >= 15 is 0 Å². The highest BCUT2D eigenvalue weighted by atomic mass is 16.6. The fourth-order valence-corrected chi connectivity index (χ4v) is 2.88. The van der Waals surface area contributed by atoms with E-state index in [2.05, 4.69) is 10.1 Å². The Balaban J connectivity index is 1.74. The van der Waals surface area contributed by atoms with Crippen molar-refractivity contribution in [3.05, 3.63) is 70.8 Å². The number of imidazole rings is 1. The summed E-state index contributed by atoms with van der Waals surface area (Å²) in [6.45, 7) is 0. The van der Waals surface area contributed by atoms with Crippen molar-refractivity contribution < 1.29 is 19.1 Å². The van der Waals surface area contributed by atoms with Gasteiger partial charge in [-0.3, -0.25) is 10.1 Å². The molecule has 4 rings (SSSR count). The molecule has 0 saturated heterocycles. The van der Waals surface area contributed by atoms with Gasteiger partial charge in [0.25, 0.3) is 5.69 Å². The fraction of sp³-hybridized carbons (Fsp3) is 0.100. The van der Waals surface area contributed by atoms with Crippen molar-refractivity contribution in [1.82, 2.24) is 14.6 Å². The summed E-state index contributed by atoms with van der Waals surface area (Å²) in [5.41, 5.74) is 1.74. The number of benzene rings is 2. The summed E-state index contributed by atoms with van der Waals surface area (Å²) in [6, 6.07) is 16.8. The Morgan fingerprint density at radius 1 is 0.931 bits per heavy atom. The van der Waals surface area contributed by atoms with Crippen LogP contribution >= 0.6 is 0 Å². The molecular formula is C20H16N4O5. The van der Waals surface area contributed by atoms with Gasteiger partial charge in [0, 0.05) is 23.8 Å². The molecule has 0 atom stereocenters. The molecule has 2 heterocycles. The van der Waals surface area contributed by atoms with Crippen molar-refractivity contribution in [2.75, 3.05) is 14.2 Å². The second kappa shape index (κ2) is 7.47. The van der Waals surface area contributed by atoms with Crippen molar-refractivity contribution >= 4 is 11.3 Å². The van der Waals surface area contributed by atoms with Gasteiger partial charge >= 0.3 is 0 Å². The third-order valence-corrected chi connectivity index (χ3v) is 4.24. The zero-order chi connectivity index (χ0) is 20.4. The largest absolute Gasteiger partial charge is 0.493 e. The first kappa shape index (κ1) is 18.2. The van der Waals surface area contributed by atoms with Crippen molar-refractivity contribution in [3.63, 3.8) is 0 Å². The molecule has 146 valence electrons. The average Bonchev–Trinajstić information content (AvgIpc) is 3.12. The molecule has 0 fully saturated rings. The maximum Gasteiger partial charge on any atom is 0.269 e. The lowest BCUT2D eigenvalue weighted by Gasteiger charge is -2.09. The van der Waals surface area contributed by atoms with Crippen molar-refractivity contribution in [1.29, 1.82) is 0 Å². The highest BCUT2D eigenvalue weighted by Gasteiger charge is 2.18. The summed E-state index contributed by atoms with van der Waals surface area (Å²) in [5, 5.41) is 15.3. The van der Waals surface area contributed by atoms with Gasteiger partial charge in [0.2, 0.25) is 11.8 Å². The number of non-ortho nitro benzene ring substituents is 1. The van der Waals surface area contributed by atoms with Gasteiger partial charge in [-0.25, -0.2) is 4.98 Å². The van der Waals surface area contributed by atoms with Crippen molar-refractivity contribution in [2.24, 2.45) is 0 Å². The van der Waals surface area contributed by atoms with Crippen molar-refractivity contribution in [2.45, 2.75) is 0 Å². The topological polar surface area (TPSA) is 101 Å². The van der Waals surface area contributed by atoms with Gasteiger partial charge in [-0.1, -0.05) is 12.1 Å². The molecule has 9 heteroatoms. The van der Waals surface area contributed by atoms with Gasteiger partial charge < -0.3 is 14.2 Å². The molecule has 0 bridgehead atoms. The van der Waals surface area contributed by atoms with Gasteiger partial charge in [-0.2, -0.15) is 4.52 Å². The molecule has 2 aromatic heterocycles. The van der Waals surface area contributed by atoms with E-state index < -0.39 is 4.92 Å². The Morgan fingerprint density at radius 2 is 1.66 bits per heavy atom. The van der Waals surface area contributed by atoms with Crippen LogP contribution in [-0.4, -0.2) is 33.7 Å². The summed E-state index contributed by atoms with van der Waals surface area (Å²) in [6.07, 6.45) is 0. The van der Waals surface area contributed by atoms with Crippen LogP contribution < -0.4 is 14.2 Å². The first-order valence-corrected chi connectivity index (χ1v) is 8.60. The Labute approximate surface area is 165 Å². The Morgan fingerprint density at radius 3 is 2.31 bits per heavy atom. The number of aromatic nitrogens is 3. The van der Waals surface area contributed by atoms with E-state index in [9.17, 15) is 10.1 Å². The number of ether oxygens (including phenoxy) is 3. The maximum absolute atomic E-state index is 10.9. The molecule has 4 aromatic rings. The molecule has 0 amide bonds. The lowest BCUT2D eigenvalue weighted by atomic mass is 10.1. The van der Waals surface area contributed by atoms with Gasteiger partial charge in [0.1, 0.15) is 5.69 Å². The molecule has 29 heavy (non-hydrogen) atoms. The minimum absolute atomic E-state index is 0.00195. The first-order valence-electron chi connectivity index (χ1n) is 8.60. The third kappa shape index (κ3) is 3.41. The van der Waals surface area contributed by atoms with Crippen LogP contribution in [0.3, 0.4) is 0 Å². The summed E-state index contributed by atoms with van der Waals surface area (Å²) in [7, 11) is 3.07. The molecule has 0 aliphatic carbocycles. The van der Waals surface area contributed by atoms with E-state index in [1.165, 1.54) is 23.8 Å². The van der Waals surface area contributed by atoms with E-state index in [-0.39, 0.29) is 5.69 Å². The van der Waals surface area contributed by atoms with Crippen LogP contribution in [-0.2, 0) is 0 Å². The van der Waals surface area contributed by atoms with Crippen LogP contribution in [0.2, 0.25) is 0 Å². The van der Waals surface area contributed by atoms with E-state index in [0.717, 1.165) is 0 Å². The Bertz CT molecular complexity index is 1190. The van der Waals surface area contributed by atoms with E-state index in [4.69, 9.17) is 14.2 Å². The standard InChI is InChI=1S/C20H16N4O5/c1-27-15-5-3-4-6-16(15)29-18-12-11-17-21-19(20(28-2)23(17)22-18)13-7-9-14(10-8-13)24(25)26/h3-12H,1-2H3. The zero-order valence-corrected chi connectivity index (χ0v) is 15.6. The highest BCUT2D eigenvalue weighted by Crippen LogP contribution is 2.33. The number of para-hydroxylation sites is 2. The highest BCUT2D eigenvalue weighted by molar-refractivity contribution is 5.70. The smallest absolute Gasteiger partial charge is 0.269 e. The molecule has 9 nitrogen and oxygen atoms in total.